The molecule has 0 bridgehead atoms. The highest BCUT2D eigenvalue weighted by molar-refractivity contribution is 5.99. The standard InChI is InChI=1S/C23H24N2O5/c1-24(2)11-12-25-20(16-13-14(28-3)9-10-17(16)29-4)19-21(26)15-7-5-6-8-18(15)30-22(19)23(25)27/h5-10,13,20H,11-12H2,1-4H3. The van der Waals surface area contributed by atoms with Gasteiger partial charge in [-0.25, -0.2) is 0 Å². The van der Waals surface area contributed by atoms with E-state index in [1.807, 2.05) is 25.1 Å². The highest BCUT2D eigenvalue weighted by Gasteiger charge is 2.43. The molecule has 1 aromatic heterocycles. The fourth-order valence-electron chi connectivity index (χ4n) is 3.88. The molecule has 30 heavy (non-hydrogen) atoms. The summed E-state index contributed by atoms with van der Waals surface area (Å²) >= 11 is 0. The summed E-state index contributed by atoms with van der Waals surface area (Å²) in [6.07, 6.45) is 0. The van der Waals surface area contributed by atoms with Gasteiger partial charge in [0.15, 0.2) is 5.43 Å². The number of rotatable bonds is 6. The molecule has 0 saturated heterocycles. The normalized spacial score (nSPS) is 15.7. The average molecular weight is 408 g/mol. The molecule has 0 spiro atoms. The molecule has 0 saturated carbocycles. The minimum atomic E-state index is -0.627. The smallest absolute Gasteiger partial charge is 0.290 e. The van der Waals surface area contributed by atoms with Gasteiger partial charge in [0.25, 0.3) is 5.91 Å². The first-order chi connectivity index (χ1) is 14.5. The number of nitrogens with zero attached hydrogens (tertiary/aromatic N) is 2. The number of ether oxygens (including phenoxy) is 2. The van der Waals surface area contributed by atoms with E-state index in [0.29, 0.717) is 46.7 Å². The monoisotopic (exact) mass is 408 g/mol. The van der Waals surface area contributed by atoms with Gasteiger partial charge in [-0.15, -0.1) is 0 Å². The Kier molecular flexibility index (Phi) is 5.22. The van der Waals surface area contributed by atoms with Gasteiger partial charge in [-0.2, -0.15) is 0 Å². The predicted octanol–water partition coefficient (Wildman–Crippen LogP) is 2.92. The van der Waals surface area contributed by atoms with E-state index >= 15 is 0 Å². The Morgan fingerprint density at radius 1 is 1.07 bits per heavy atom. The number of likely N-dealkylation sites (N-methyl/N-ethyl adjacent to an activating group) is 1. The van der Waals surface area contributed by atoms with E-state index in [0.717, 1.165) is 0 Å². The van der Waals surface area contributed by atoms with Crippen molar-refractivity contribution in [2.45, 2.75) is 6.04 Å². The van der Waals surface area contributed by atoms with Crippen LogP contribution in [0.2, 0.25) is 0 Å². The van der Waals surface area contributed by atoms with Crippen LogP contribution in [0.5, 0.6) is 11.5 Å². The number of para-hydroxylation sites is 1. The van der Waals surface area contributed by atoms with Crippen LogP contribution < -0.4 is 14.9 Å². The van der Waals surface area contributed by atoms with Crippen LogP contribution in [0.4, 0.5) is 0 Å². The van der Waals surface area contributed by atoms with Gasteiger partial charge in [-0.1, -0.05) is 12.1 Å². The zero-order valence-corrected chi connectivity index (χ0v) is 17.5. The lowest BCUT2D eigenvalue weighted by Crippen LogP contribution is -2.35. The second-order valence-electron chi connectivity index (χ2n) is 7.48. The van der Waals surface area contributed by atoms with Crippen molar-refractivity contribution >= 4 is 16.9 Å². The van der Waals surface area contributed by atoms with Crippen LogP contribution in [0, 0.1) is 0 Å². The molecule has 4 rings (SSSR count). The Bertz CT molecular complexity index is 1170. The molecule has 1 amide bonds. The Labute approximate surface area is 174 Å². The molecule has 0 radical (unpaired) electrons. The van der Waals surface area contributed by atoms with Crippen LogP contribution in [-0.2, 0) is 0 Å². The van der Waals surface area contributed by atoms with Crippen molar-refractivity contribution in [2.75, 3.05) is 41.4 Å². The molecule has 0 fully saturated rings. The maximum atomic E-state index is 13.5. The highest BCUT2D eigenvalue weighted by Crippen LogP contribution is 2.42. The molecule has 0 aliphatic carbocycles. The van der Waals surface area contributed by atoms with E-state index in [9.17, 15) is 9.59 Å². The van der Waals surface area contributed by atoms with Gasteiger partial charge in [-0.3, -0.25) is 9.59 Å². The number of hydrogen-bond donors (Lipinski definition) is 0. The van der Waals surface area contributed by atoms with E-state index in [4.69, 9.17) is 13.9 Å². The SMILES string of the molecule is COc1ccc(OC)c(C2c3c(oc4ccccc4c3=O)C(=O)N2CCN(C)C)c1. The second-order valence-corrected chi connectivity index (χ2v) is 7.48. The van der Waals surface area contributed by atoms with Gasteiger partial charge in [0.1, 0.15) is 17.1 Å². The minimum Gasteiger partial charge on any atom is -0.497 e. The van der Waals surface area contributed by atoms with E-state index in [1.54, 1.807) is 55.5 Å². The Morgan fingerprint density at radius 2 is 1.83 bits per heavy atom. The van der Waals surface area contributed by atoms with Crippen LogP contribution >= 0.6 is 0 Å². The van der Waals surface area contributed by atoms with Crippen LogP contribution in [0.3, 0.4) is 0 Å². The van der Waals surface area contributed by atoms with Crippen molar-refractivity contribution < 1.29 is 18.7 Å². The summed E-state index contributed by atoms with van der Waals surface area (Å²) in [5, 5.41) is 0.449. The number of amides is 1. The van der Waals surface area contributed by atoms with Crippen molar-refractivity contribution in [3.8, 4) is 11.5 Å². The summed E-state index contributed by atoms with van der Waals surface area (Å²) in [6, 6.07) is 11.7. The Morgan fingerprint density at radius 3 is 2.53 bits per heavy atom. The lowest BCUT2D eigenvalue weighted by molar-refractivity contribution is 0.0715. The second kappa shape index (κ2) is 7.84. The fraction of sp³-hybridized carbons (Fsp3) is 0.304. The van der Waals surface area contributed by atoms with E-state index in [2.05, 4.69) is 0 Å². The van der Waals surface area contributed by atoms with Crippen LogP contribution in [-0.4, -0.2) is 57.1 Å². The van der Waals surface area contributed by atoms with Gasteiger partial charge in [0.2, 0.25) is 5.76 Å². The van der Waals surface area contributed by atoms with Gasteiger partial charge < -0.3 is 23.7 Å². The predicted molar refractivity (Wildman–Crippen MR) is 113 cm³/mol. The molecule has 3 aromatic rings. The van der Waals surface area contributed by atoms with Crippen molar-refractivity contribution in [2.24, 2.45) is 0 Å². The van der Waals surface area contributed by atoms with Crippen LogP contribution in [0.15, 0.2) is 51.7 Å². The molecule has 1 aliphatic heterocycles. The van der Waals surface area contributed by atoms with E-state index < -0.39 is 6.04 Å². The van der Waals surface area contributed by atoms with Crippen LogP contribution in [0.25, 0.3) is 11.0 Å². The van der Waals surface area contributed by atoms with E-state index in [-0.39, 0.29) is 17.1 Å². The zero-order chi connectivity index (χ0) is 21.4. The highest BCUT2D eigenvalue weighted by atomic mass is 16.5. The Hall–Kier alpha value is -3.32. The molecule has 1 atom stereocenters. The number of carbonyl (C=O) groups excluding carboxylic acids is 1. The summed E-state index contributed by atoms with van der Waals surface area (Å²) in [4.78, 5) is 30.5. The topological polar surface area (TPSA) is 72.2 Å². The molecule has 7 nitrogen and oxygen atoms in total. The Balaban J connectivity index is 1.98. The van der Waals surface area contributed by atoms with E-state index in [1.165, 1.54) is 0 Å². The van der Waals surface area contributed by atoms with Crippen molar-refractivity contribution in [3.05, 3.63) is 69.6 Å². The van der Waals surface area contributed by atoms with Crippen LogP contribution in [0.1, 0.15) is 27.7 Å². The molecule has 2 aromatic carbocycles. The van der Waals surface area contributed by atoms with Gasteiger partial charge in [0.05, 0.1) is 31.2 Å². The molecule has 1 unspecified atom stereocenters. The number of hydrogen-bond acceptors (Lipinski definition) is 6. The van der Waals surface area contributed by atoms with Crippen molar-refractivity contribution in [1.29, 1.82) is 0 Å². The van der Waals surface area contributed by atoms with Crippen molar-refractivity contribution in [3.63, 3.8) is 0 Å². The lowest BCUT2D eigenvalue weighted by Gasteiger charge is -2.27. The first-order valence-corrected chi connectivity index (χ1v) is 9.69. The quantitative estimate of drug-likeness (QED) is 0.625. The lowest BCUT2D eigenvalue weighted by atomic mass is 9.97. The molecule has 1 aliphatic rings. The molecular weight excluding hydrogens is 384 g/mol. The third-order valence-electron chi connectivity index (χ3n) is 5.39. The molecule has 7 heteroatoms. The third-order valence-corrected chi connectivity index (χ3v) is 5.39. The third kappa shape index (κ3) is 3.21. The minimum absolute atomic E-state index is 0.0901. The fourth-order valence-corrected chi connectivity index (χ4v) is 3.88. The first kappa shape index (κ1) is 20.0. The zero-order valence-electron chi connectivity index (χ0n) is 17.5. The molecular formula is C23H24N2O5. The van der Waals surface area contributed by atoms with Crippen molar-refractivity contribution in [1.82, 2.24) is 9.80 Å². The number of carbonyl (C=O) groups is 1. The molecule has 2 heterocycles. The average Bonchev–Trinajstić information content (AvgIpc) is 3.03. The first-order valence-electron chi connectivity index (χ1n) is 9.69. The summed E-state index contributed by atoms with van der Waals surface area (Å²) in [5.41, 5.74) is 1.22. The summed E-state index contributed by atoms with van der Waals surface area (Å²) < 4.78 is 16.9. The number of fused-ring (bicyclic) bond motifs is 2. The maximum Gasteiger partial charge on any atom is 0.290 e. The summed E-state index contributed by atoms with van der Waals surface area (Å²) in [6.45, 7) is 1.06. The maximum absolute atomic E-state index is 13.5. The molecule has 156 valence electrons. The largest absolute Gasteiger partial charge is 0.497 e. The number of benzene rings is 2. The summed E-state index contributed by atoms with van der Waals surface area (Å²) in [7, 11) is 7.01. The molecule has 0 N–H and O–H groups in total. The van der Waals surface area contributed by atoms with Gasteiger partial charge in [0, 0.05) is 18.7 Å². The number of methoxy groups -OCH3 is 2. The summed E-state index contributed by atoms with van der Waals surface area (Å²) in [5.74, 6) is 0.977. The van der Waals surface area contributed by atoms with Gasteiger partial charge >= 0.3 is 0 Å². The van der Waals surface area contributed by atoms with Gasteiger partial charge in [-0.05, 0) is 44.4 Å².